The number of sulfonamides is 1. The first kappa shape index (κ1) is 24.5. The number of anilines is 1. The summed E-state index contributed by atoms with van der Waals surface area (Å²) in [6.07, 6.45) is 5.87. The number of benzene rings is 1. The second-order valence-electron chi connectivity index (χ2n) is 10.4. The fraction of sp³-hybridized carbons (Fsp3) is 0.296. The molecule has 0 spiro atoms. The molecular formula is C27H24F2N6O2S. The zero-order valence-corrected chi connectivity index (χ0v) is 21.7. The summed E-state index contributed by atoms with van der Waals surface area (Å²) < 4.78 is 54.8. The second kappa shape index (κ2) is 8.32. The van der Waals surface area contributed by atoms with Crippen molar-refractivity contribution in [2.24, 2.45) is 5.41 Å². The van der Waals surface area contributed by atoms with E-state index >= 15 is 0 Å². The summed E-state index contributed by atoms with van der Waals surface area (Å²) in [4.78, 5) is 13.4. The topological polar surface area (TPSA) is 111 Å². The summed E-state index contributed by atoms with van der Waals surface area (Å²) in [5, 5.41) is 8.85. The summed E-state index contributed by atoms with van der Waals surface area (Å²) in [7, 11) is -3.50. The zero-order valence-electron chi connectivity index (χ0n) is 20.9. The van der Waals surface area contributed by atoms with Crippen molar-refractivity contribution in [1.82, 2.24) is 25.1 Å². The SMILES string of the molecule is CC1(C)[C@H]2CCC1(c1ccnc(-c3ccnc(NS(C)(=O)=O)c3)n1)c1nnc(-c3c(F)cccc3F)cc12. The minimum Gasteiger partial charge on any atom is -0.268 e. The van der Waals surface area contributed by atoms with Crippen LogP contribution in [0.2, 0.25) is 0 Å². The molecule has 2 aliphatic carbocycles. The van der Waals surface area contributed by atoms with Crippen molar-refractivity contribution in [2.45, 2.75) is 38.0 Å². The molecule has 194 valence electrons. The summed E-state index contributed by atoms with van der Waals surface area (Å²) in [5.41, 5.74) is 2.17. The molecule has 3 heterocycles. The lowest BCUT2D eigenvalue weighted by Crippen LogP contribution is -2.38. The van der Waals surface area contributed by atoms with Gasteiger partial charge in [-0.1, -0.05) is 19.9 Å². The van der Waals surface area contributed by atoms with Crippen molar-refractivity contribution < 1.29 is 17.2 Å². The summed E-state index contributed by atoms with van der Waals surface area (Å²) >= 11 is 0. The van der Waals surface area contributed by atoms with Crippen molar-refractivity contribution in [3.63, 3.8) is 0 Å². The third kappa shape index (κ3) is 3.59. The molecule has 2 atom stereocenters. The van der Waals surface area contributed by atoms with Crippen LogP contribution in [0.15, 0.2) is 54.9 Å². The van der Waals surface area contributed by atoms with Crippen molar-refractivity contribution in [3.8, 4) is 22.6 Å². The molecule has 2 bridgehead atoms. The number of hydrogen-bond acceptors (Lipinski definition) is 7. The molecule has 0 aliphatic heterocycles. The molecule has 11 heteroatoms. The normalized spacial score (nSPS) is 21.3. The Bertz CT molecular complexity index is 1690. The molecule has 2 aliphatic rings. The maximum Gasteiger partial charge on any atom is 0.230 e. The van der Waals surface area contributed by atoms with Gasteiger partial charge in [0.05, 0.1) is 34.3 Å². The van der Waals surface area contributed by atoms with Crippen LogP contribution >= 0.6 is 0 Å². The van der Waals surface area contributed by atoms with Crippen LogP contribution < -0.4 is 4.72 Å². The van der Waals surface area contributed by atoms with Crippen LogP contribution in [0, 0.1) is 17.0 Å². The molecule has 8 nitrogen and oxygen atoms in total. The molecule has 0 saturated heterocycles. The number of fused-ring (bicyclic) bond motifs is 5. The van der Waals surface area contributed by atoms with E-state index < -0.39 is 27.1 Å². The highest BCUT2D eigenvalue weighted by Crippen LogP contribution is 2.69. The highest BCUT2D eigenvalue weighted by Gasteiger charge is 2.65. The summed E-state index contributed by atoms with van der Waals surface area (Å²) in [6.45, 7) is 4.33. The molecule has 1 fully saturated rings. The van der Waals surface area contributed by atoms with E-state index in [0.29, 0.717) is 11.4 Å². The van der Waals surface area contributed by atoms with E-state index in [2.05, 4.69) is 38.7 Å². The van der Waals surface area contributed by atoms with Gasteiger partial charge in [-0.2, -0.15) is 5.10 Å². The van der Waals surface area contributed by atoms with E-state index in [1.54, 1.807) is 24.4 Å². The predicted molar refractivity (Wildman–Crippen MR) is 138 cm³/mol. The van der Waals surface area contributed by atoms with Crippen LogP contribution in [-0.2, 0) is 15.4 Å². The van der Waals surface area contributed by atoms with E-state index in [1.165, 1.54) is 24.4 Å². The molecule has 0 radical (unpaired) electrons. The molecule has 4 aromatic rings. The molecule has 38 heavy (non-hydrogen) atoms. The molecule has 1 N–H and O–H groups in total. The first-order valence-electron chi connectivity index (χ1n) is 12.1. The Hall–Kier alpha value is -3.86. The van der Waals surface area contributed by atoms with Gasteiger partial charge in [-0.05, 0) is 66.1 Å². The standard InChI is InChI=1S/C27H24F2N6O2S/c1-26(2)17-7-10-27(26,24-16(17)14-20(33-34-24)23-18(28)5-4-6-19(23)29)21-9-12-31-25(32-21)15-8-11-30-22(13-15)35-38(3,36)37/h4-6,8-9,11-14,17H,7,10H2,1-3H3,(H,30,35)/t17-,27?/m0/s1. The Balaban J connectivity index is 1.47. The smallest absolute Gasteiger partial charge is 0.230 e. The van der Waals surface area contributed by atoms with E-state index in [-0.39, 0.29) is 28.4 Å². The maximum atomic E-state index is 14.5. The Morgan fingerprint density at radius 1 is 1.00 bits per heavy atom. The van der Waals surface area contributed by atoms with Crippen molar-refractivity contribution >= 4 is 15.8 Å². The third-order valence-corrected chi connectivity index (χ3v) is 8.58. The Labute approximate surface area is 218 Å². The average molecular weight is 535 g/mol. The highest BCUT2D eigenvalue weighted by molar-refractivity contribution is 7.92. The number of aromatic nitrogens is 5. The molecule has 1 unspecified atom stereocenters. The van der Waals surface area contributed by atoms with Gasteiger partial charge in [0.1, 0.15) is 17.5 Å². The number of nitrogens with zero attached hydrogens (tertiary/aromatic N) is 5. The van der Waals surface area contributed by atoms with Crippen LogP contribution in [0.3, 0.4) is 0 Å². The first-order chi connectivity index (χ1) is 18.0. The third-order valence-electron chi connectivity index (χ3n) is 8.00. The van der Waals surface area contributed by atoms with E-state index in [0.717, 1.165) is 36.0 Å². The largest absolute Gasteiger partial charge is 0.268 e. The molecular weight excluding hydrogens is 510 g/mol. The van der Waals surface area contributed by atoms with Gasteiger partial charge in [-0.3, -0.25) is 4.72 Å². The van der Waals surface area contributed by atoms with E-state index in [1.807, 2.05) is 6.07 Å². The monoisotopic (exact) mass is 534 g/mol. The van der Waals surface area contributed by atoms with Gasteiger partial charge >= 0.3 is 0 Å². The predicted octanol–water partition coefficient (Wildman–Crippen LogP) is 4.85. The van der Waals surface area contributed by atoms with Crippen molar-refractivity contribution in [3.05, 3.63) is 83.4 Å². The van der Waals surface area contributed by atoms with Gasteiger partial charge in [-0.15, -0.1) is 5.10 Å². The van der Waals surface area contributed by atoms with E-state index in [4.69, 9.17) is 4.98 Å². The Kier molecular flexibility index (Phi) is 5.36. The number of pyridine rings is 1. The number of halogens is 2. The maximum absolute atomic E-state index is 14.5. The van der Waals surface area contributed by atoms with Crippen LogP contribution in [-0.4, -0.2) is 39.8 Å². The highest BCUT2D eigenvalue weighted by atomic mass is 32.2. The van der Waals surface area contributed by atoms with Gasteiger partial charge < -0.3 is 0 Å². The van der Waals surface area contributed by atoms with Gasteiger partial charge in [0.2, 0.25) is 10.0 Å². The number of nitrogens with one attached hydrogen (secondary N) is 1. The van der Waals surface area contributed by atoms with Gasteiger partial charge in [-0.25, -0.2) is 32.2 Å². The molecule has 6 rings (SSSR count). The minimum atomic E-state index is -3.50. The number of hydrogen-bond donors (Lipinski definition) is 1. The fourth-order valence-corrected chi connectivity index (χ4v) is 6.80. The molecule has 1 aromatic carbocycles. The average Bonchev–Trinajstić information content (AvgIpc) is 3.24. The Morgan fingerprint density at radius 2 is 1.74 bits per heavy atom. The van der Waals surface area contributed by atoms with Crippen LogP contribution in [0.5, 0.6) is 0 Å². The van der Waals surface area contributed by atoms with Gasteiger partial charge in [0, 0.05) is 18.0 Å². The van der Waals surface area contributed by atoms with Gasteiger partial charge in [0.25, 0.3) is 0 Å². The van der Waals surface area contributed by atoms with Crippen LogP contribution in [0.1, 0.15) is 49.6 Å². The molecule has 3 aromatic heterocycles. The lowest BCUT2D eigenvalue weighted by Gasteiger charge is -2.37. The van der Waals surface area contributed by atoms with E-state index in [9.17, 15) is 17.2 Å². The first-order valence-corrected chi connectivity index (χ1v) is 14.0. The van der Waals surface area contributed by atoms with Crippen molar-refractivity contribution in [2.75, 3.05) is 11.0 Å². The number of rotatable bonds is 5. The lowest BCUT2D eigenvalue weighted by atomic mass is 9.66. The summed E-state index contributed by atoms with van der Waals surface area (Å²) in [5.74, 6) is -0.672. The van der Waals surface area contributed by atoms with Crippen LogP contribution in [0.25, 0.3) is 22.6 Å². The summed E-state index contributed by atoms with van der Waals surface area (Å²) in [6, 6.07) is 10.7. The fourth-order valence-electron chi connectivity index (χ4n) is 6.31. The lowest BCUT2D eigenvalue weighted by molar-refractivity contribution is 0.243. The molecule has 0 amide bonds. The van der Waals surface area contributed by atoms with Crippen molar-refractivity contribution in [1.29, 1.82) is 0 Å². The Morgan fingerprint density at radius 3 is 2.47 bits per heavy atom. The zero-order chi connectivity index (χ0) is 26.9. The van der Waals surface area contributed by atoms with Gasteiger partial charge in [0.15, 0.2) is 5.82 Å². The molecule has 1 saturated carbocycles. The second-order valence-corrected chi connectivity index (χ2v) is 12.2. The van der Waals surface area contributed by atoms with Crippen LogP contribution in [0.4, 0.5) is 14.6 Å². The quantitative estimate of drug-likeness (QED) is 0.390. The minimum absolute atomic E-state index is 0.103.